The third-order valence-corrected chi connectivity index (χ3v) is 9.92. The van der Waals surface area contributed by atoms with Gasteiger partial charge in [-0.2, -0.15) is 14.7 Å². The van der Waals surface area contributed by atoms with Gasteiger partial charge in [0.1, 0.15) is 17.1 Å². The molecule has 12 heteroatoms. The molecule has 1 aromatic carbocycles. The van der Waals surface area contributed by atoms with Gasteiger partial charge in [0.05, 0.1) is 34.3 Å². The number of carbonyl (C=O) groups is 1. The maximum Gasteiger partial charge on any atom is 0.245 e. The molecule has 206 valence electrons. The van der Waals surface area contributed by atoms with Crippen molar-refractivity contribution in [3.63, 3.8) is 0 Å². The molecule has 0 unspecified atom stereocenters. The average Bonchev–Trinajstić information content (AvgIpc) is 3.66. The summed E-state index contributed by atoms with van der Waals surface area (Å²) in [4.78, 5) is 16.5. The number of fused-ring (bicyclic) bond motifs is 1. The van der Waals surface area contributed by atoms with Crippen LogP contribution in [0, 0.1) is 17.2 Å². The number of amides is 1. The number of aromatic nitrogens is 2. The number of hydrogen-bond donors (Lipinski definition) is 0. The Morgan fingerprint density at radius 1 is 1.18 bits per heavy atom. The van der Waals surface area contributed by atoms with Gasteiger partial charge in [0, 0.05) is 44.7 Å². The first kappa shape index (κ1) is 27.4. The van der Waals surface area contributed by atoms with E-state index in [1.807, 2.05) is 30.9 Å². The zero-order chi connectivity index (χ0) is 27.9. The van der Waals surface area contributed by atoms with Gasteiger partial charge in [-0.15, -0.1) is 0 Å². The van der Waals surface area contributed by atoms with Crippen molar-refractivity contribution in [1.29, 1.82) is 5.26 Å². The van der Waals surface area contributed by atoms with Gasteiger partial charge in [0.15, 0.2) is 0 Å². The van der Waals surface area contributed by atoms with Gasteiger partial charge in [0.25, 0.3) is 0 Å². The topological polar surface area (TPSA) is 111 Å². The molecule has 1 saturated carbocycles. The molecule has 0 atom stereocenters. The van der Waals surface area contributed by atoms with E-state index in [4.69, 9.17) is 4.74 Å². The maximum absolute atomic E-state index is 14.3. The number of carbonyl (C=O) groups excluding carboxylic acids is 1. The molecular formula is C27H31BrN6O4S. The third-order valence-electron chi connectivity index (χ3n) is 7.42. The van der Waals surface area contributed by atoms with Gasteiger partial charge in [-0.3, -0.25) is 4.79 Å². The van der Waals surface area contributed by atoms with Crippen molar-refractivity contribution in [1.82, 2.24) is 18.8 Å². The highest BCUT2D eigenvalue weighted by molar-refractivity contribution is 9.10. The lowest BCUT2D eigenvalue weighted by Gasteiger charge is -2.37. The fraction of sp³-hybridized carbons (Fsp3) is 0.444. The molecule has 1 aliphatic heterocycles. The van der Waals surface area contributed by atoms with Crippen molar-refractivity contribution in [2.75, 3.05) is 38.2 Å². The number of sulfonamides is 1. The molecule has 0 spiro atoms. The number of hydrogen-bond acceptors (Lipinski definition) is 7. The summed E-state index contributed by atoms with van der Waals surface area (Å²) in [5.74, 6) is 1.33. The number of halogens is 1. The second kappa shape index (κ2) is 10.4. The highest BCUT2D eigenvalue weighted by Gasteiger charge is 2.54. The van der Waals surface area contributed by atoms with Gasteiger partial charge in [-0.1, -0.05) is 26.0 Å². The van der Waals surface area contributed by atoms with E-state index in [0.717, 1.165) is 5.56 Å². The summed E-state index contributed by atoms with van der Waals surface area (Å²) < 4.78 is 37.5. The monoisotopic (exact) mass is 614 g/mol. The zero-order valence-corrected chi connectivity index (χ0v) is 24.6. The minimum absolute atomic E-state index is 0.0663. The van der Waals surface area contributed by atoms with Crippen molar-refractivity contribution < 1.29 is 17.9 Å². The van der Waals surface area contributed by atoms with Crippen LogP contribution in [0.2, 0.25) is 0 Å². The Morgan fingerprint density at radius 2 is 1.85 bits per heavy atom. The van der Waals surface area contributed by atoms with Crippen LogP contribution in [0.15, 0.2) is 52.0 Å². The highest BCUT2D eigenvalue weighted by Crippen LogP contribution is 2.45. The first-order valence-corrected chi connectivity index (χ1v) is 15.1. The molecule has 2 aromatic heterocycles. The molecular weight excluding hydrogens is 584 g/mol. The molecule has 0 N–H and O–H groups in total. The molecule has 2 aliphatic rings. The predicted molar refractivity (Wildman–Crippen MR) is 150 cm³/mol. The fourth-order valence-corrected chi connectivity index (χ4v) is 7.08. The van der Waals surface area contributed by atoms with Gasteiger partial charge >= 0.3 is 0 Å². The van der Waals surface area contributed by atoms with E-state index in [1.165, 1.54) is 4.31 Å². The number of nitrogens with zero attached hydrogens (tertiary/aromatic N) is 6. The van der Waals surface area contributed by atoms with Gasteiger partial charge < -0.3 is 14.5 Å². The number of pyridine rings is 1. The number of benzene rings is 1. The lowest BCUT2D eigenvalue weighted by atomic mass is 10.1. The Balaban J connectivity index is 1.53. The Bertz CT molecular complexity index is 1530. The summed E-state index contributed by atoms with van der Waals surface area (Å²) in [5, 5.41) is 14.5. The molecule has 5 rings (SSSR count). The average molecular weight is 616 g/mol. The Labute approximate surface area is 236 Å². The summed E-state index contributed by atoms with van der Waals surface area (Å²) in [7, 11) is -2.50. The van der Waals surface area contributed by atoms with Gasteiger partial charge in [-0.05, 0) is 52.5 Å². The van der Waals surface area contributed by atoms with E-state index in [-0.39, 0.29) is 23.3 Å². The predicted octanol–water partition coefficient (Wildman–Crippen LogP) is 3.66. The quantitative estimate of drug-likeness (QED) is 0.381. The van der Waals surface area contributed by atoms with E-state index >= 15 is 0 Å². The van der Waals surface area contributed by atoms with Crippen molar-refractivity contribution in [2.24, 2.45) is 5.92 Å². The first-order chi connectivity index (χ1) is 18.6. The summed E-state index contributed by atoms with van der Waals surface area (Å²) >= 11 is 3.51. The summed E-state index contributed by atoms with van der Waals surface area (Å²) in [6.07, 6.45) is 2.60. The van der Waals surface area contributed by atoms with Crippen LogP contribution in [-0.2, 0) is 21.4 Å². The lowest BCUT2D eigenvalue weighted by Crippen LogP contribution is -2.50. The number of rotatable bonds is 8. The van der Waals surface area contributed by atoms with Crippen molar-refractivity contribution >= 4 is 43.2 Å². The van der Waals surface area contributed by atoms with Crippen LogP contribution in [0.25, 0.3) is 5.52 Å². The number of piperazine rings is 1. The van der Waals surface area contributed by atoms with Crippen molar-refractivity contribution in [2.45, 2.75) is 43.7 Å². The molecule has 3 aromatic rings. The number of ether oxygens (including phenoxy) is 1. The van der Waals surface area contributed by atoms with Gasteiger partial charge in [-0.25, -0.2) is 12.9 Å². The van der Waals surface area contributed by atoms with Crippen LogP contribution in [0.5, 0.6) is 5.75 Å². The SMILES string of the molecule is COc1ccc(CN(C2(C#N)CC2)S(=O)(=O)c2cc(N3CCN(C(=O)C(C)C)CC3)n3ncc(Br)c3c2)cc1. The van der Waals surface area contributed by atoms with Crippen LogP contribution in [0.1, 0.15) is 32.3 Å². The largest absolute Gasteiger partial charge is 0.497 e. The summed E-state index contributed by atoms with van der Waals surface area (Å²) in [5.41, 5.74) is 0.294. The van der Waals surface area contributed by atoms with E-state index in [0.29, 0.717) is 60.6 Å². The van der Waals surface area contributed by atoms with Crippen molar-refractivity contribution in [3.8, 4) is 11.8 Å². The van der Waals surface area contributed by atoms with E-state index in [2.05, 4.69) is 32.0 Å². The fourth-order valence-electron chi connectivity index (χ4n) is 4.94. The molecule has 10 nitrogen and oxygen atoms in total. The molecule has 1 saturated heterocycles. The second-order valence-corrected chi connectivity index (χ2v) is 13.0. The first-order valence-electron chi connectivity index (χ1n) is 12.9. The standard InChI is InChI=1S/C27H31BrN6O4S/c1-19(2)26(35)32-12-10-31(11-13-32)25-15-22(14-24-23(28)16-30-34(24)25)39(36,37)33(27(18-29)8-9-27)17-20-4-6-21(38-3)7-5-20/h4-7,14-16,19H,8-13,17H2,1-3H3. The van der Waals surface area contributed by atoms with Crippen LogP contribution in [0.3, 0.4) is 0 Å². The Hall–Kier alpha value is -3.14. The summed E-state index contributed by atoms with van der Waals surface area (Å²) in [6.45, 7) is 6.02. The number of nitriles is 1. The zero-order valence-electron chi connectivity index (χ0n) is 22.2. The molecule has 0 bridgehead atoms. The second-order valence-electron chi connectivity index (χ2n) is 10.3. The molecule has 0 radical (unpaired) electrons. The van der Waals surface area contributed by atoms with Crippen molar-refractivity contribution in [3.05, 3.63) is 52.6 Å². The molecule has 1 aliphatic carbocycles. The summed E-state index contributed by atoms with van der Waals surface area (Å²) in [6, 6.07) is 12.7. The normalized spacial score (nSPS) is 17.1. The third kappa shape index (κ3) is 5.11. The van der Waals surface area contributed by atoms with Gasteiger partial charge in [0.2, 0.25) is 15.9 Å². The highest BCUT2D eigenvalue weighted by atomic mass is 79.9. The van der Waals surface area contributed by atoms with Crippen LogP contribution in [0.4, 0.5) is 5.82 Å². The van der Waals surface area contributed by atoms with Crippen LogP contribution < -0.4 is 9.64 Å². The molecule has 39 heavy (non-hydrogen) atoms. The van der Waals surface area contributed by atoms with E-state index < -0.39 is 15.6 Å². The van der Waals surface area contributed by atoms with E-state index in [9.17, 15) is 18.5 Å². The maximum atomic E-state index is 14.3. The minimum atomic E-state index is -4.08. The Kier molecular flexibility index (Phi) is 7.35. The Morgan fingerprint density at radius 3 is 2.41 bits per heavy atom. The molecule has 2 fully saturated rings. The van der Waals surface area contributed by atoms with E-state index in [1.54, 1.807) is 42.1 Å². The molecule has 3 heterocycles. The lowest BCUT2D eigenvalue weighted by molar-refractivity contribution is -0.134. The minimum Gasteiger partial charge on any atom is -0.497 e. The van der Waals surface area contributed by atoms with Crippen LogP contribution in [-0.4, -0.2) is 72.0 Å². The van der Waals surface area contributed by atoms with Crippen LogP contribution >= 0.6 is 15.9 Å². The molecule has 1 amide bonds. The number of anilines is 1. The smallest absolute Gasteiger partial charge is 0.245 e. The number of methoxy groups -OCH3 is 1.